The van der Waals surface area contributed by atoms with E-state index in [0.29, 0.717) is 11.4 Å². The van der Waals surface area contributed by atoms with E-state index in [2.05, 4.69) is 32.5 Å². The Hall–Kier alpha value is -3.41. The lowest BCUT2D eigenvalue weighted by Gasteiger charge is -2.16. The number of hydrogen-bond acceptors (Lipinski definition) is 4. The minimum absolute atomic E-state index is 0.182. The van der Waals surface area contributed by atoms with Crippen LogP contribution in [0.5, 0.6) is 0 Å². The number of nitrogen functional groups attached to an aromatic ring is 1. The van der Waals surface area contributed by atoms with Crippen LogP contribution in [0.2, 0.25) is 0 Å². The van der Waals surface area contributed by atoms with Gasteiger partial charge in [-0.25, -0.2) is 9.97 Å². The van der Waals surface area contributed by atoms with Gasteiger partial charge in [-0.1, -0.05) is 24.8 Å². The van der Waals surface area contributed by atoms with Crippen molar-refractivity contribution >= 4 is 34.0 Å². The first-order chi connectivity index (χ1) is 14.0. The van der Waals surface area contributed by atoms with Gasteiger partial charge in [0.1, 0.15) is 17.8 Å². The monoisotopic (exact) mass is 387 g/mol. The third kappa shape index (κ3) is 3.42. The first kappa shape index (κ1) is 18.9. The molecule has 3 N–H and O–H groups in total. The summed E-state index contributed by atoms with van der Waals surface area (Å²) in [6.45, 7) is 5.37. The van der Waals surface area contributed by atoms with Crippen molar-refractivity contribution in [1.82, 2.24) is 14.5 Å². The van der Waals surface area contributed by atoms with Gasteiger partial charge in [-0.3, -0.25) is 4.79 Å². The lowest BCUT2D eigenvalue weighted by atomic mass is 9.90. The molecule has 148 valence electrons. The summed E-state index contributed by atoms with van der Waals surface area (Å²) in [6, 6.07) is 7.83. The molecule has 0 unspecified atom stereocenters. The van der Waals surface area contributed by atoms with Crippen LogP contribution in [0.3, 0.4) is 0 Å². The van der Waals surface area contributed by atoms with E-state index >= 15 is 0 Å². The maximum absolute atomic E-state index is 11.9. The summed E-state index contributed by atoms with van der Waals surface area (Å²) < 4.78 is 2.08. The normalized spacial score (nSPS) is 13.9. The summed E-state index contributed by atoms with van der Waals surface area (Å²) in [5, 5.41) is 3.76. The highest BCUT2D eigenvalue weighted by atomic mass is 16.1. The summed E-state index contributed by atoms with van der Waals surface area (Å²) in [4.78, 5) is 20.6. The molecule has 0 fully saturated rings. The van der Waals surface area contributed by atoms with E-state index < -0.39 is 0 Å². The second-order valence-electron chi connectivity index (χ2n) is 7.53. The second-order valence-corrected chi connectivity index (χ2v) is 7.53. The number of allylic oxidation sites excluding steroid dienone is 2. The lowest BCUT2D eigenvalue weighted by molar-refractivity contribution is -0.112. The van der Waals surface area contributed by atoms with E-state index in [1.165, 1.54) is 24.7 Å². The molecule has 6 heteroatoms. The Morgan fingerprint density at radius 3 is 2.62 bits per heavy atom. The van der Waals surface area contributed by atoms with E-state index in [-0.39, 0.29) is 5.91 Å². The average Bonchev–Trinajstić information content (AvgIpc) is 3.03. The molecule has 4 rings (SSSR count). The molecule has 1 aliphatic carbocycles. The molecule has 2 heterocycles. The summed E-state index contributed by atoms with van der Waals surface area (Å²) in [7, 11) is 2.01. The smallest absolute Gasteiger partial charge is 0.250 e. The number of carbonyl (C=O) groups is 1. The predicted octanol–water partition coefficient (Wildman–Crippen LogP) is 4.69. The maximum Gasteiger partial charge on any atom is 0.250 e. The largest absolute Gasteiger partial charge is 0.383 e. The van der Waals surface area contributed by atoms with E-state index in [0.717, 1.165) is 46.4 Å². The van der Waals surface area contributed by atoms with Crippen LogP contribution < -0.4 is 11.1 Å². The molecular weight excluding hydrogens is 362 g/mol. The van der Waals surface area contributed by atoms with Gasteiger partial charge in [-0.2, -0.15) is 0 Å². The van der Waals surface area contributed by atoms with E-state index in [9.17, 15) is 4.79 Å². The molecule has 0 bridgehead atoms. The number of benzene rings is 1. The van der Waals surface area contributed by atoms with Gasteiger partial charge in [0, 0.05) is 23.9 Å². The highest BCUT2D eigenvalue weighted by Crippen LogP contribution is 2.41. The Balaban J connectivity index is 1.86. The highest BCUT2D eigenvalue weighted by molar-refractivity contribution is 6.05. The molecule has 0 radical (unpaired) electrons. The summed E-state index contributed by atoms with van der Waals surface area (Å²) in [5.41, 5.74) is 12.9. The van der Waals surface area contributed by atoms with Crippen molar-refractivity contribution in [2.45, 2.75) is 32.6 Å². The van der Waals surface area contributed by atoms with E-state index in [4.69, 9.17) is 5.73 Å². The number of fused-ring (bicyclic) bond motifs is 1. The Bertz CT molecular complexity index is 1140. The second kappa shape index (κ2) is 7.54. The van der Waals surface area contributed by atoms with Gasteiger partial charge in [0.25, 0.3) is 5.91 Å². The third-order valence-electron chi connectivity index (χ3n) is 5.41. The fourth-order valence-corrected chi connectivity index (χ4v) is 3.94. The van der Waals surface area contributed by atoms with Crippen LogP contribution in [0.4, 0.5) is 11.5 Å². The van der Waals surface area contributed by atoms with Crippen LogP contribution in [0.1, 0.15) is 38.2 Å². The van der Waals surface area contributed by atoms with Crippen molar-refractivity contribution in [1.29, 1.82) is 0 Å². The van der Waals surface area contributed by atoms with Gasteiger partial charge in [0.15, 0.2) is 0 Å². The van der Waals surface area contributed by atoms with Crippen molar-refractivity contribution < 1.29 is 4.79 Å². The van der Waals surface area contributed by atoms with Crippen LogP contribution >= 0.6 is 0 Å². The summed E-state index contributed by atoms with van der Waals surface area (Å²) in [5.74, 6) is 0.321. The minimum atomic E-state index is -0.182. The number of carbonyl (C=O) groups excluding carboxylic acids is 1. The molecule has 0 saturated carbocycles. The van der Waals surface area contributed by atoms with Gasteiger partial charge in [0.2, 0.25) is 0 Å². The number of aryl methyl sites for hydroxylation is 1. The van der Waals surface area contributed by atoms with Gasteiger partial charge < -0.3 is 15.6 Å². The Labute approximate surface area is 170 Å². The topological polar surface area (TPSA) is 85.8 Å². The number of nitrogens with one attached hydrogen (secondary N) is 1. The quantitative estimate of drug-likeness (QED) is 0.636. The fraction of sp³-hybridized carbons (Fsp3) is 0.261. The first-order valence-corrected chi connectivity index (χ1v) is 9.83. The number of anilines is 2. The molecule has 6 nitrogen and oxygen atoms in total. The molecule has 3 aromatic rings. The SMILES string of the molecule is C=C(C)C(=O)Nc1ccc(-c2c(C3=CCCCC3)c3c(N)ncnc3n2C)cc1. The fourth-order valence-electron chi connectivity index (χ4n) is 3.94. The summed E-state index contributed by atoms with van der Waals surface area (Å²) in [6.07, 6.45) is 8.30. The number of aromatic nitrogens is 3. The van der Waals surface area contributed by atoms with Crippen LogP contribution in [0, 0.1) is 0 Å². The lowest BCUT2D eigenvalue weighted by Crippen LogP contribution is -2.11. The minimum Gasteiger partial charge on any atom is -0.383 e. The molecule has 0 spiro atoms. The van der Waals surface area contributed by atoms with Crippen molar-refractivity contribution in [2.24, 2.45) is 7.05 Å². The van der Waals surface area contributed by atoms with Gasteiger partial charge in [-0.05, 0) is 55.9 Å². The maximum atomic E-state index is 11.9. The van der Waals surface area contributed by atoms with Crippen molar-refractivity contribution in [3.05, 3.63) is 54.4 Å². The molecule has 1 aliphatic rings. The molecule has 0 atom stereocenters. The molecule has 2 aromatic heterocycles. The van der Waals surface area contributed by atoms with Gasteiger partial charge in [0.05, 0.1) is 11.1 Å². The average molecular weight is 387 g/mol. The van der Waals surface area contributed by atoms with Gasteiger partial charge >= 0.3 is 0 Å². The zero-order chi connectivity index (χ0) is 20.5. The zero-order valence-corrected chi connectivity index (χ0v) is 16.8. The first-order valence-electron chi connectivity index (χ1n) is 9.83. The number of hydrogen-bond donors (Lipinski definition) is 2. The van der Waals surface area contributed by atoms with Crippen LogP contribution in [-0.4, -0.2) is 20.4 Å². The number of rotatable bonds is 4. The molecule has 0 saturated heterocycles. The molecule has 0 aliphatic heterocycles. The molecule has 29 heavy (non-hydrogen) atoms. The molecule has 1 amide bonds. The summed E-state index contributed by atoms with van der Waals surface area (Å²) >= 11 is 0. The number of nitrogens with two attached hydrogens (primary N) is 1. The van der Waals surface area contributed by atoms with Crippen molar-refractivity contribution in [2.75, 3.05) is 11.1 Å². The van der Waals surface area contributed by atoms with Crippen molar-refractivity contribution in [3.8, 4) is 11.3 Å². The predicted molar refractivity (Wildman–Crippen MR) is 118 cm³/mol. The van der Waals surface area contributed by atoms with Crippen molar-refractivity contribution in [3.63, 3.8) is 0 Å². The number of nitrogens with zero attached hydrogens (tertiary/aromatic N) is 3. The van der Waals surface area contributed by atoms with Crippen LogP contribution in [0.25, 0.3) is 27.9 Å². The van der Waals surface area contributed by atoms with E-state index in [1.54, 1.807) is 6.92 Å². The van der Waals surface area contributed by atoms with E-state index in [1.807, 2.05) is 31.3 Å². The third-order valence-corrected chi connectivity index (χ3v) is 5.41. The molecular formula is C23H25N5O. The highest BCUT2D eigenvalue weighted by Gasteiger charge is 2.23. The standard InChI is InChI=1S/C23H25N5O/c1-14(2)23(29)27-17-11-9-16(10-12-17)20-18(15-7-5-4-6-8-15)19-21(24)25-13-26-22(19)28(20)3/h7,9-13H,1,4-6,8H2,2-3H3,(H,27,29)(H2,24,25,26). The Morgan fingerprint density at radius 1 is 1.21 bits per heavy atom. The molecule has 1 aromatic carbocycles. The zero-order valence-electron chi connectivity index (χ0n) is 16.8. The Kier molecular flexibility index (Phi) is 4.92. The van der Waals surface area contributed by atoms with Crippen LogP contribution in [-0.2, 0) is 11.8 Å². The van der Waals surface area contributed by atoms with Gasteiger partial charge in [-0.15, -0.1) is 0 Å². The Morgan fingerprint density at radius 2 is 1.97 bits per heavy atom. The van der Waals surface area contributed by atoms with Crippen LogP contribution in [0.15, 0.2) is 48.8 Å². The number of amides is 1.